The van der Waals surface area contributed by atoms with Crippen LogP contribution in [0.2, 0.25) is 0 Å². The summed E-state index contributed by atoms with van der Waals surface area (Å²) in [4.78, 5) is 12.3. The predicted molar refractivity (Wildman–Crippen MR) is 80.0 cm³/mol. The van der Waals surface area contributed by atoms with Crippen molar-refractivity contribution in [1.82, 2.24) is 10.2 Å². The van der Waals surface area contributed by atoms with Gasteiger partial charge in [0, 0.05) is 11.9 Å². The summed E-state index contributed by atoms with van der Waals surface area (Å²) in [7, 11) is -3.34. The van der Waals surface area contributed by atoms with Crippen molar-refractivity contribution >= 4 is 27.1 Å². The number of H-pyrrole nitrogens is 1. The molecule has 0 aliphatic rings. The quantitative estimate of drug-likeness (QED) is 0.789. The third kappa shape index (κ3) is 3.05. The largest absolute Gasteiger partial charge is 0.395 e. The highest BCUT2D eigenvalue weighted by Crippen LogP contribution is 2.22. The molecule has 0 unspecified atom stereocenters. The summed E-state index contributed by atoms with van der Waals surface area (Å²) >= 11 is 0. The lowest BCUT2D eigenvalue weighted by Crippen LogP contribution is -2.15. The second-order valence-corrected chi connectivity index (χ2v) is 6.83. The van der Waals surface area contributed by atoms with Crippen molar-refractivity contribution in [1.29, 1.82) is 0 Å². The fraction of sp³-hybridized carbons (Fsp3) is 0.231. The van der Waals surface area contributed by atoms with E-state index in [1.165, 1.54) is 12.1 Å². The molecule has 4 N–H and O–H groups in total. The van der Waals surface area contributed by atoms with E-state index >= 15 is 0 Å². The number of nitrogens with zero attached hydrogens (tertiary/aromatic N) is 1. The van der Waals surface area contributed by atoms with Gasteiger partial charge in [0.15, 0.2) is 15.5 Å². The van der Waals surface area contributed by atoms with E-state index in [2.05, 4.69) is 15.5 Å². The van der Waals surface area contributed by atoms with Crippen molar-refractivity contribution in [2.75, 3.05) is 17.3 Å². The average molecular weight is 308 g/mol. The van der Waals surface area contributed by atoms with Gasteiger partial charge in [-0.25, -0.2) is 8.42 Å². The molecule has 21 heavy (non-hydrogen) atoms. The number of carbonyl (C=O) groups is 1. The van der Waals surface area contributed by atoms with Gasteiger partial charge in [-0.1, -0.05) is 6.07 Å². The van der Waals surface area contributed by atoms with Crippen molar-refractivity contribution in [2.24, 2.45) is 0 Å². The van der Waals surface area contributed by atoms with Crippen molar-refractivity contribution in [2.45, 2.75) is 18.7 Å². The first kappa shape index (κ1) is 15.0. The molecule has 0 atom stereocenters. The van der Waals surface area contributed by atoms with Gasteiger partial charge in [-0.05, 0) is 31.5 Å². The van der Waals surface area contributed by atoms with Crippen LogP contribution in [0.4, 0.5) is 11.4 Å². The summed E-state index contributed by atoms with van der Waals surface area (Å²) in [5.74, 6) is -0.495. The molecule has 7 nitrogen and oxygen atoms in total. The smallest absolute Gasteiger partial charge is 0.278 e. The summed E-state index contributed by atoms with van der Waals surface area (Å²) in [5, 5.41) is 9.08. The number of nitrogens with one attached hydrogen (secondary N) is 2. The van der Waals surface area contributed by atoms with Crippen molar-refractivity contribution in [3.63, 3.8) is 0 Å². The first-order chi connectivity index (χ1) is 9.70. The maximum absolute atomic E-state index is 12.1. The molecule has 112 valence electrons. The number of aromatic nitrogens is 2. The van der Waals surface area contributed by atoms with E-state index in [-0.39, 0.29) is 16.3 Å². The summed E-state index contributed by atoms with van der Waals surface area (Å²) in [6.45, 7) is 3.47. The number of amides is 1. The molecule has 0 bridgehead atoms. The highest BCUT2D eigenvalue weighted by atomic mass is 32.2. The Morgan fingerprint density at radius 1 is 1.33 bits per heavy atom. The molecule has 1 aromatic heterocycles. The second-order valence-electron chi connectivity index (χ2n) is 4.81. The molecule has 0 saturated heterocycles. The third-order valence-corrected chi connectivity index (χ3v) is 4.21. The van der Waals surface area contributed by atoms with Crippen LogP contribution in [0, 0.1) is 13.8 Å². The van der Waals surface area contributed by atoms with Crippen LogP contribution in [-0.4, -0.2) is 30.8 Å². The maximum Gasteiger partial charge on any atom is 0.278 e. The molecular weight excluding hydrogens is 292 g/mol. The molecule has 1 heterocycles. The van der Waals surface area contributed by atoms with Gasteiger partial charge >= 0.3 is 0 Å². The van der Waals surface area contributed by atoms with Crippen LogP contribution in [0.3, 0.4) is 0 Å². The number of aromatic amines is 1. The molecule has 0 aliphatic heterocycles. The number of aryl methyl sites for hydroxylation is 2. The lowest BCUT2D eigenvalue weighted by Gasteiger charge is -2.09. The molecule has 0 aliphatic carbocycles. The lowest BCUT2D eigenvalue weighted by atomic mass is 10.2. The van der Waals surface area contributed by atoms with E-state index in [4.69, 9.17) is 5.73 Å². The standard InChI is InChI=1S/C13H16N4O3S/c1-7-4-5-9(21(3,19)20)6-10(7)15-13(18)12-11(14)8(2)16-17-12/h4-6H,14H2,1-3H3,(H,15,18)(H,16,17). The van der Waals surface area contributed by atoms with E-state index in [1.807, 2.05) is 0 Å². The van der Waals surface area contributed by atoms with Crippen LogP contribution in [0.5, 0.6) is 0 Å². The highest BCUT2D eigenvalue weighted by Gasteiger charge is 2.17. The fourth-order valence-electron chi connectivity index (χ4n) is 1.76. The van der Waals surface area contributed by atoms with Crippen LogP contribution in [0.25, 0.3) is 0 Å². The molecule has 0 saturated carbocycles. The zero-order chi connectivity index (χ0) is 15.8. The highest BCUT2D eigenvalue weighted by molar-refractivity contribution is 7.90. The number of sulfone groups is 1. The molecule has 0 fully saturated rings. The van der Waals surface area contributed by atoms with Crippen LogP contribution < -0.4 is 11.1 Å². The van der Waals surface area contributed by atoms with Crippen molar-refractivity contribution < 1.29 is 13.2 Å². The van der Waals surface area contributed by atoms with Crippen LogP contribution in [-0.2, 0) is 9.84 Å². The first-order valence-corrected chi connectivity index (χ1v) is 8.02. The van der Waals surface area contributed by atoms with Crippen molar-refractivity contribution in [3.8, 4) is 0 Å². The van der Waals surface area contributed by atoms with Gasteiger partial charge < -0.3 is 11.1 Å². The molecule has 0 radical (unpaired) electrons. The minimum Gasteiger partial charge on any atom is -0.395 e. The number of anilines is 2. The Bertz CT molecular complexity index is 809. The summed E-state index contributed by atoms with van der Waals surface area (Å²) in [5.41, 5.74) is 7.83. The van der Waals surface area contributed by atoms with Gasteiger partial charge in [0.2, 0.25) is 0 Å². The van der Waals surface area contributed by atoms with E-state index in [1.54, 1.807) is 19.9 Å². The number of benzene rings is 1. The fourth-order valence-corrected chi connectivity index (χ4v) is 2.41. The molecule has 1 amide bonds. The first-order valence-electron chi connectivity index (χ1n) is 6.12. The van der Waals surface area contributed by atoms with Gasteiger partial charge in [-0.15, -0.1) is 0 Å². The van der Waals surface area contributed by atoms with E-state index < -0.39 is 15.7 Å². The Morgan fingerprint density at radius 3 is 2.52 bits per heavy atom. The molecule has 8 heteroatoms. The number of hydrogen-bond donors (Lipinski definition) is 3. The number of nitrogens with two attached hydrogens (primary N) is 1. The van der Waals surface area contributed by atoms with Gasteiger partial charge in [-0.3, -0.25) is 9.89 Å². The second kappa shape index (κ2) is 5.21. The van der Waals surface area contributed by atoms with Gasteiger partial charge in [-0.2, -0.15) is 5.10 Å². The van der Waals surface area contributed by atoms with Gasteiger partial charge in [0.25, 0.3) is 5.91 Å². The number of hydrogen-bond acceptors (Lipinski definition) is 5. The maximum atomic E-state index is 12.1. The van der Waals surface area contributed by atoms with Crippen LogP contribution in [0.1, 0.15) is 21.7 Å². The lowest BCUT2D eigenvalue weighted by molar-refractivity contribution is 0.102. The number of carbonyl (C=O) groups excluding carboxylic acids is 1. The molecule has 2 aromatic rings. The summed E-state index contributed by atoms with van der Waals surface area (Å²) in [6.07, 6.45) is 1.11. The van der Waals surface area contributed by atoms with Crippen LogP contribution in [0.15, 0.2) is 23.1 Å². The Kier molecular flexibility index (Phi) is 3.73. The molecular formula is C13H16N4O3S. The number of rotatable bonds is 3. The Labute approximate surface area is 122 Å². The minimum absolute atomic E-state index is 0.0802. The third-order valence-electron chi connectivity index (χ3n) is 3.10. The predicted octanol–water partition coefficient (Wildman–Crippen LogP) is 1.26. The normalized spacial score (nSPS) is 11.4. The summed E-state index contributed by atoms with van der Waals surface area (Å²) in [6, 6.07) is 4.54. The van der Waals surface area contributed by atoms with Gasteiger partial charge in [0.05, 0.1) is 16.3 Å². The topological polar surface area (TPSA) is 118 Å². The SMILES string of the molecule is Cc1ccc(S(C)(=O)=O)cc1NC(=O)c1n[nH]c(C)c1N. The van der Waals surface area contributed by atoms with E-state index in [0.717, 1.165) is 11.8 Å². The van der Waals surface area contributed by atoms with E-state index in [9.17, 15) is 13.2 Å². The Hall–Kier alpha value is -2.35. The monoisotopic (exact) mass is 308 g/mol. The summed E-state index contributed by atoms with van der Waals surface area (Å²) < 4.78 is 23.1. The molecule has 0 spiro atoms. The van der Waals surface area contributed by atoms with Crippen molar-refractivity contribution in [3.05, 3.63) is 35.2 Å². The Balaban J connectivity index is 2.35. The zero-order valence-electron chi connectivity index (χ0n) is 11.9. The average Bonchev–Trinajstić information content (AvgIpc) is 2.71. The zero-order valence-corrected chi connectivity index (χ0v) is 12.7. The van der Waals surface area contributed by atoms with Gasteiger partial charge in [0.1, 0.15) is 0 Å². The van der Waals surface area contributed by atoms with E-state index in [0.29, 0.717) is 11.4 Å². The number of nitrogen functional groups attached to an aromatic ring is 1. The Morgan fingerprint density at radius 2 is 2.00 bits per heavy atom. The molecule has 2 rings (SSSR count). The molecule has 1 aromatic carbocycles. The van der Waals surface area contributed by atoms with Crippen LogP contribution >= 0.6 is 0 Å². The minimum atomic E-state index is -3.34.